The van der Waals surface area contributed by atoms with E-state index >= 15 is 0 Å². The Bertz CT molecular complexity index is 1030. The van der Waals surface area contributed by atoms with Crippen molar-refractivity contribution in [3.63, 3.8) is 0 Å². The van der Waals surface area contributed by atoms with Gasteiger partial charge >= 0.3 is 0 Å². The molecule has 0 aliphatic carbocycles. The molecule has 1 aromatic heterocycles. The van der Waals surface area contributed by atoms with Crippen LogP contribution < -0.4 is 4.31 Å². The fraction of sp³-hybridized carbons (Fsp3) is 0.211. The Labute approximate surface area is 141 Å². The molecule has 0 bridgehead atoms. The van der Waals surface area contributed by atoms with Crippen LogP contribution in [0.25, 0.3) is 10.9 Å². The lowest BCUT2D eigenvalue weighted by molar-refractivity contribution is 0.587. The van der Waals surface area contributed by atoms with Gasteiger partial charge in [0.05, 0.1) is 11.2 Å². The number of aryl methyl sites for hydroxylation is 2. The first kappa shape index (κ1) is 15.1. The van der Waals surface area contributed by atoms with Crippen LogP contribution in [0.3, 0.4) is 0 Å². The summed E-state index contributed by atoms with van der Waals surface area (Å²) < 4.78 is 28.2. The molecule has 0 atom stereocenters. The molecule has 4 rings (SSSR count). The van der Waals surface area contributed by atoms with Gasteiger partial charge in [-0.05, 0) is 49.1 Å². The summed E-state index contributed by atoms with van der Waals surface area (Å²) in [7, 11) is -3.64. The first-order valence-electron chi connectivity index (χ1n) is 8.03. The normalized spacial score (nSPS) is 14.6. The predicted molar refractivity (Wildman–Crippen MR) is 95.8 cm³/mol. The number of rotatable bonds is 2. The van der Waals surface area contributed by atoms with Gasteiger partial charge < -0.3 is 0 Å². The first-order valence-corrected chi connectivity index (χ1v) is 9.47. The van der Waals surface area contributed by atoms with E-state index < -0.39 is 10.0 Å². The van der Waals surface area contributed by atoms with Crippen molar-refractivity contribution in [2.24, 2.45) is 0 Å². The van der Waals surface area contributed by atoms with Crippen molar-refractivity contribution in [3.05, 3.63) is 65.9 Å². The topological polar surface area (TPSA) is 50.3 Å². The molecule has 0 saturated carbocycles. The van der Waals surface area contributed by atoms with E-state index in [4.69, 9.17) is 0 Å². The van der Waals surface area contributed by atoms with Crippen LogP contribution in [0.4, 0.5) is 5.69 Å². The lowest BCUT2D eigenvalue weighted by atomic mass is 10.0. The zero-order valence-corrected chi connectivity index (χ0v) is 14.3. The maximum Gasteiger partial charge on any atom is 0.266 e. The number of hydrogen-bond acceptors (Lipinski definition) is 3. The van der Waals surface area contributed by atoms with Gasteiger partial charge in [-0.25, -0.2) is 8.42 Å². The maximum absolute atomic E-state index is 13.3. The fourth-order valence-corrected chi connectivity index (χ4v) is 5.03. The molecule has 0 saturated heterocycles. The highest BCUT2D eigenvalue weighted by Gasteiger charge is 2.30. The standard InChI is InChI=1S/C19H18N2O2S/c1-14-12-16-7-4-10-18(19(16)20-13-14)24(22,23)21-11-5-8-15-6-2-3-9-17(15)21/h2-4,6-7,9-10,12-13H,5,8,11H2,1H3. The minimum Gasteiger partial charge on any atom is -0.266 e. The molecule has 0 N–H and O–H groups in total. The Balaban J connectivity index is 1.91. The van der Waals surface area contributed by atoms with Crippen molar-refractivity contribution >= 4 is 26.6 Å². The first-order chi connectivity index (χ1) is 11.6. The number of pyridine rings is 1. The molecule has 0 unspecified atom stereocenters. The van der Waals surface area contributed by atoms with Crippen molar-refractivity contribution in [2.75, 3.05) is 10.8 Å². The second-order valence-electron chi connectivity index (χ2n) is 6.15. The van der Waals surface area contributed by atoms with Crippen LogP contribution in [0.1, 0.15) is 17.5 Å². The van der Waals surface area contributed by atoms with Crippen LogP contribution in [0.5, 0.6) is 0 Å². The lowest BCUT2D eigenvalue weighted by Crippen LogP contribution is -2.35. The van der Waals surface area contributed by atoms with Gasteiger partial charge in [0.2, 0.25) is 0 Å². The number of fused-ring (bicyclic) bond motifs is 2. The summed E-state index contributed by atoms with van der Waals surface area (Å²) in [5, 5.41) is 0.848. The van der Waals surface area contributed by atoms with Crippen LogP contribution in [-0.2, 0) is 16.4 Å². The van der Waals surface area contributed by atoms with Crippen LogP contribution in [0, 0.1) is 6.92 Å². The molecular weight excluding hydrogens is 320 g/mol. The summed E-state index contributed by atoms with van der Waals surface area (Å²) in [5.41, 5.74) is 3.41. The second-order valence-corrected chi connectivity index (χ2v) is 7.98. The molecule has 5 heteroatoms. The third kappa shape index (κ3) is 2.36. The van der Waals surface area contributed by atoms with Gasteiger partial charge in [-0.3, -0.25) is 9.29 Å². The lowest BCUT2D eigenvalue weighted by Gasteiger charge is -2.30. The highest BCUT2D eigenvalue weighted by Crippen LogP contribution is 2.33. The second kappa shape index (κ2) is 5.60. The molecular formula is C19H18N2O2S. The smallest absolute Gasteiger partial charge is 0.266 e. The van der Waals surface area contributed by atoms with Crippen molar-refractivity contribution < 1.29 is 8.42 Å². The van der Waals surface area contributed by atoms with Gasteiger partial charge in [-0.1, -0.05) is 30.3 Å². The number of anilines is 1. The molecule has 4 nitrogen and oxygen atoms in total. The summed E-state index contributed by atoms with van der Waals surface area (Å²) in [5.74, 6) is 0. The minimum absolute atomic E-state index is 0.275. The quantitative estimate of drug-likeness (QED) is 0.716. The highest BCUT2D eigenvalue weighted by molar-refractivity contribution is 7.93. The predicted octanol–water partition coefficient (Wildman–Crippen LogP) is 3.68. The average Bonchev–Trinajstić information content (AvgIpc) is 2.60. The molecule has 0 fully saturated rings. The van der Waals surface area contributed by atoms with Crippen molar-refractivity contribution in [2.45, 2.75) is 24.7 Å². The summed E-state index contributed by atoms with van der Waals surface area (Å²) in [4.78, 5) is 4.67. The molecule has 0 amide bonds. The number of nitrogens with zero attached hydrogens (tertiary/aromatic N) is 2. The zero-order chi connectivity index (χ0) is 16.7. The Kier molecular flexibility index (Phi) is 3.53. The van der Waals surface area contributed by atoms with Gasteiger partial charge in [-0.15, -0.1) is 0 Å². The molecule has 0 spiro atoms. The van der Waals surface area contributed by atoms with Crippen LogP contribution in [0.2, 0.25) is 0 Å². The Hall–Kier alpha value is -2.40. The number of hydrogen-bond donors (Lipinski definition) is 0. The third-order valence-electron chi connectivity index (χ3n) is 4.45. The van der Waals surface area contributed by atoms with Crippen molar-refractivity contribution in [1.82, 2.24) is 4.98 Å². The summed E-state index contributed by atoms with van der Waals surface area (Å²) >= 11 is 0. The van der Waals surface area contributed by atoms with Crippen LogP contribution >= 0.6 is 0 Å². The molecule has 0 radical (unpaired) electrons. The number of benzene rings is 2. The monoisotopic (exact) mass is 338 g/mol. The molecule has 3 aromatic rings. The molecule has 2 heterocycles. The number of sulfonamides is 1. The molecule has 24 heavy (non-hydrogen) atoms. The van der Waals surface area contributed by atoms with E-state index in [0.29, 0.717) is 12.1 Å². The van der Waals surface area contributed by atoms with E-state index in [9.17, 15) is 8.42 Å². The largest absolute Gasteiger partial charge is 0.266 e. The third-order valence-corrected chi connectivity index (χ3v) is 6.29. The van der Waals surface area contributed by atoms with E-state index in [1.165, 1.54) is 4.31 Å². The van der Waals surface area contributed by atoms with Gasteiger partial charge in [0.25, 0.3) is 10.0 Å². The SMILES string of the molecule is Cc1cnc2c(S(=O)(=O)N3CCCc4ccccc43)cccc2c1. The van der Waals surface area contributed by atoms with Gasteiger partial charge in [-0.2, -0.15) is 0 Å². The molecule has 1 aliphatic heterocycles. The van der Waals surface area contributed by atoms with Crippen LogP contribution in [-0.4, -0.2) is 19.9 Å². The zero-order valence-electron chi connectivity index (χ0n) is 13.4. The molecule has 122 valence electrons. The van der Waals surface area contributed by atoms with E-state index in [1.807, 2.05) is 43.3 Å². The molecule has 1 aliphatic rings. The average molecular weight is 338 g/mol. The summed E-state index contributed by atoms with van der Waals surface area (Å²) in [6.45, 7) is 2.45. The highest BCUT2D eigenvalue weighted by atomic mass is 32.2. The minimum atomic E-state index is -3.64. The maximum atomic E-state index is 13.3. The molecule has 2 aromatic carbocycles. The van der Waals surface area contributed by atoms with E-state index in [2.05, 4.69) is 4.98 Å². The van der Waals surface area contributed by atoms with E-state index in [0.717, 1.165) is 35.0 Å². The van der Waals surface area contributed by atoms with E-state index in [1.54, 1.807) is 18.3 Å². The summed E-state index contributed by atoms with van der Waals surface area (Å²) in [6, 6.07) is 15.0. The van der Waals surface area contributed by atoms with Gasteiger partial charge in [0.1, 0.15) is 4.90 Å². The summed E-state index contributed by atoms with van der Waals surface area (Å²) in [6.07, 6.45) is 3.45. The number of para-hydroxylation sites is 2. The van der Waals surface area contributed by atoms with Gasteiger partial charge in [0.15, 0.2) is 0 Å². The Morgan fingerprint density at radius 1 is 1.08 bits per heavy atom. The fourth-order valence-electron chi connectivity index (χ4n) is 3.32. The van der Waals surface area contributed by atoms with Gasteiger partial charge in [0, 0.05) is 18.1 Å². The Morgan fingerprint density at radius 3 is 2.79 bits per heavy atom. The van der Waals surface area contributed by atoms with Crippen LogP contribution in [0.15, 0.2) is 59.6 Å². The van der Waals surface area contributed by atoms with Crippen molar-refractivity contribution in [1.29, 1.82) is 0 Å². The van der Waals surface area contributed by atoms with E-state index in [-0.39, 0.29) is 4.90 Å². The Morgan fingerprint density at radius 2 is 1.92 bits per heavy atom. The van der Waals surface area contributed by atoms with Crippen molar-refractivity contribution in [3.8, 4) is 0 Å². The number of aromatic nitrogens is 1.